The lowest BCUT2D eigenvalue weighted by molar-refractivity contribution is -0.109. The van der Waals surface area contributed by atoms with E-state index in [0.717, 1.165) is 17.8 Å². The highest BCUT2D eigenvalue weighted by molar-refractivity contribution is 8.13. The van der Waals surface area contributed by atoms with Crippen LogP contribution in [0.4, 0.5) is 4.39 Å². The first-order valence-corrected chi connectivity index (χ1v) is 7.11. The first-order chi connectivity index (χ1) is 9.32. The molecule has 0 bridgehead atoms. The minimum absolute atomic E-state index is 0.0866. The van der Waals surface area contributed by atoms with E-state index in [0.29, 0.717) is 5.75 Å². The summed E-state index contributed by atoms with van der Waals surface area (Å²) >= 11 is 1.03. The summed E-state index contributed by atoms with van der Waals surface area (Å²) in [6.45, 7) is 2.74. The van der Waals surface area contributed by atoms with Gasteiger partial charge in [0.25, 0.3) is 0 Å². The molecule has 20 heavy (non-hydrogen) atoms. The molecule has 2 atom stereocenters. The van der Waals surface area contributed by atoms with Gasteiger partial charge in [-0.3, -0.25) is 9.59 Å². The zero-order chi connectivity index (χ0) is 15.3. The molecule has 0 aromatic heterocycles. The molecule has 1 rings (SSSR count). The third-order valence-corrected chi connectivity index (χ3v) is 3.65. The van der Waals surface area contributed by atoms with Crippen molar-refractivity contribution in [2.24, 2.45) is 0 Å². The molecule has 0 fully saturated rings. The van der Waals surface area contributed by atoms with E-state index in [4.69, 9.17) is 0 Å². The van der Waals surface area contributed by atoms with Crippen molar-refractivity contribution in [1.29, 1.82) is 0 Å². The van der Waals surface area contributed by atoms with Crippen LogP contribution in [0.15, 0.2) is 18.2 Å². The fourth-order valence-corrected chi connectivity index (χ4v) is 2.32. The van der Waals surface area contributed by atoms with Gasteiger partial charge in [0.15, 0.2) is 10.9 Å². The molecule has 2 unspecified atom stereocenters. The lowest BCUT2D eigenvalue weighted by Crippen LogP contribution is -2.20. The van der Waals surface area contributed by atoms with Crippen LogP contribution in [0.3, 0.4) is 0 Å². The molecule has 0 aliphatic carbocycles. The van der Waals surface area contributed by atoms with E-state index in [1.165, 1.54) is 26.0 Å². The van der Waals surface area contributed by atoms with Crippen molar-refractivity contribution in [3.8, 4) is 0 Å². The van der Waals surface area contributed by atoms with Crippen molar-refractivity contribution < 1.29 is 24.2 Å². The van der Waals surface area contributed by atoms with E-state index in [1.54, 1.807) is 0 Å². The molecular weight excluding hydrogens is 283 g/mol. The minimum atomic E-state index is -1.43. The molecule has 0 saturated heterocycles. The number of benzene rings is 1. The maximum atomic E-state index is 13.7. The minimum Gasteiger partial charge on any atom is -0.390 e. The Hall–Kier alpha value is -1.24. The summed E-state index contributed by atoms with van der Waals surface area (Å²) in [5, 5.41) is 19.7. The number of rotatable bonds is 6. The molecule has 6 heteroatoms. The number of aliphatic hydroxyl groups excluding tert-OH is 2. The van der Waals surface area contributed by atoms with Crippen molar-refractivity contribution in [3.63, 3.8) is 0 Å². The summed E-state index contributed by atoms with van der Waals surface area (Å²) in [5.41, 5.74) is 0.156. The van der Waals surface area contributed by atoms with Gasteiger partial charge in [-0.1, -0.05) is 11.8 Å². The predicted molar refractivity (Wildman–Crippen MR) is 75.1 cm³/mol. The molecule has 4 nitrogen and oxygen atoms in total. The number of carbonyl (C=O) groups excluding carboxylic acids is 2. The van der Waals surface area contributed by atoms with Gasteiger partial charge in [0.1, 0.15) is 11.9 Å². The Morgan fingerprint density at radius 1 is 1.30 bits per heavy atom. The largest absolute Gasteiger partial charge is 0.390 e. The molecule has 0 spiro atoms. The molecule has 0 amide bonds. The van der Waals surface area contributed by atoms with E-state index in [9.17, 15) is 24.2 Å². The third kappa shape index (κ3) is 4.70. The molecule has 2 N–H and O–H groups in total. The van der Waals surface area contributed by atoms with Crippen LogP contribution in [-0.2, 0) is 4.79 Å². The van der Waals surface area contributed by atoms with Gasteiger partial charge in [-0.2, -0.15) is 0 Å². The molecule has 0 radical (unpaired) electrons. The highest BCUT2D eigenvalue weighted by atomic mass is 32.2. The summed E-state index contributed by atoms with van der Waals surface area (Å²) in [5.74, 6) is -0.595. The van der Waals surface area contributed by atoms with E-state index in [2.05, 4.69) is 0 Å². The van der Waals surface area contributed by atoms with Crippen molar-refractivity contribution in [2.75, 3.05) is 5.75 Å². The Kier molecular flexibility index (Phi) is 6.32. The topological polar surface area (TPSA) is 74.6 Å². The zero-order valence-electron chi connectivity index (χ0n) is 11.3. The number of aliphatic hydroxyl groups is 2. The number of halogens is 1. The number of hydrogen-bond donors (Lipinski definition) is 2. The van der Waals surface area contributed by atoms with Crippen LogP contribution in [0.2, 0.25) is 0 Å². The Morgan fingerprint density at radius 3 is 2.50 bits per heavy atom. The molecule has 1 aromatic rings. The summed E-state index contributed by atoms with van der Waals surface area (Å²) in [6.07, 6.45) is -2.48. The number of ketones is 1. The highest BCUT2D eigenvalue weighted by Crippen LogP contribution is 2.24. The number of hydrogen-bond acceptors (Lipinski definition) is 5. The van der Waals surface area contributed by atoms with E-state index in [-0.39, 0.29) is 28.4 Å². The molecule has 0 saturated carbocycles. The Morgan fingerprint density at radius 2 is 1.95 bits per heavy atom. The lowest BCUT2D eigenvalue weighted by atomic mass is 9.99. The summed E-state index contributed by atoms with van der Waals surface area (Å²) < 4.78 is 13.7. The standard InChI is InChI=1S/C14H17FO4S/c1-8(16)10-3-4-12(15)11(7-10)14(19)13(18)5-6-20-9(2)17/h3-4,7,13-14,18-19H,5-6H2,1-2H3. The van der Waals surface area contributed by atoms with Crippen LogP contribution in [0.1, 0.15) is 42.3 Å². The van der Waals surface area contributed by atoms with Crippen LogP contribution in [0.25, 0.3) is 0 Å². The third-order valence-electron chi connectivity index (χ3n) is 2.80. The van der Waals surface area contributed by atoms with Gasteiger partial charge < -0.3 is 10.2 Å². The first kappa shape index (κ1) is 16.8. The second-order valence-electron chi connectivity index (χ2n) is 4.43. The molecule has 110 valence electrons. The second-order valence-corrected chi connectivity index (χ2v) is 5.71. The van der Waals surface area contributed by atoms with Gasteiger partial charge in [-0.25, -0.2) is 4.39 Å². The highest BCUT2D eigenvalue weighted by Gasteiger charge is 2.22. The van der Waals surface area contributed by atoms with Gasteiger partial charge in [-0.15, -0.1) is 0 Å². The second kappa shape index (κ2) is 7.52. The van der Waals surface area contributed by atoms with Gasteiger partial charge in [0.05, 0.1) is 6.10 Å². The molecule has 0 heterocycles. The summed E-state index contributed by atoms with van der Waals surface area (Å²) in [7, 11) is 0. The molecule has 0 aliphatic rings. The maximum Gasteiger partial charge on any atom is 0.185 e. The lowest BCUT2D eigenvalue weighted by Gasteiger charge is -2.18. The summed E-state index contributed by atoms with van der Waals surface area (Å²) in [6, 6.07) is 3.65. The van der Waals surface area contributed by atoms with Crippen molar-refractivity contribution >= 4 is 22.7 Å². The fourth-order valence-electron chi connectivity index (χ4n) is 1.68. The van der Waals surface area contributed by atoms with E-state index in [1.807, 2.05) is 0 Å². The predicted octanol–water partition coefficient (Wildman–Crippen LogP) is 2.09. The molecule has 0 aliphatic heterocycles. The maximum absolute atomic E-state index is 13.7. The molecule has 1 aromatic carbocycles. The first-order valence-electron chi connectivity index (χ1n) is 6.12. The quantitative estimate of drug-likeness (QED) is 0.787. The van der Waals surface area contributed by atoms with Crippen molar-refractivity contribution in [1.82, 2.24) is 0 Å². The average molecular weight is 300 g/mol. The van der Waals surface area contributed by atoms with Crippen LogP contribution in [-0.4, -0.2) is 33.0 Å². The van der Waals surface area contributed by atoms with Crippen LogP contribution in [0.5, 0.6) is 0 Å². The number of thioether (sulfide) groups is 1. The van der Waals surface area contributed by atoms with Crippen LogP contribution >= 0.6 is 11.8 Å². The zero-order valence-corrected chi connectivity index (χ0v) is 12.1. The van der Waals surface area contributed by atoms with Crippen molar-refractivity contribution in [3.05, 3.63) is 35.1 Å². The smallest absolute Gasteiger partial charge is 0.185 e. The van der Waals surface area contributed by atoms with E-state index >= 15 is 0 Å². The monoisotopic (exact) mass is 300 g/mol. The summed E-state index contributed by atoms with van der Waals surface area (Å²) in [4.78, 5) is 22.0. The van der Waals surface area contributed by atoms with Gasteiger partial charge in [-0.05, 0) is 31.5 Å². The average Bonchev–Trinajstić information content (AvgIpc) is 2.37. The number of Topliss-reactive ketones (excluding diaryl/α,β-unsaturated/α-hetero) is 1. The van der Waals surface area contributed by atoms with Crippen LogP contribution in [0, 0.1) is 5.82 Å². The Balaban J connectivity index is 2.79. The van der Waals surface area contributed by atoms with Gasteiger partial charge in [0.2, 0.25) is 0 Å². The van der Waals surface area contributed by atoms with E-state index < -0.39 is 18.0 Å². The number of carbonyl (C=O) groups is 2. The fraction of sp³-hybridized carbons (Fsp3) is 0.429. The van der Waals surface area contributed by atoms with Crippen LogP contribution < -0.4 is 0 Å². The SMILES string of the molecule is CC(=O)SCCC(O)C(O)c1cc(C(C)=O)ccc1F. The molecular formula is C14H17FO4S. The van der Waals surface area contributed by atoms with Gasteiger partial charge in [0, 0.05) is 23.8 Å². The Labute approximate surface area is 121 Å². The van der Waals surface area contributed by atoms with Gasteiger partial charge >= 0.3 is 0 Å². The van der Waals surface area contributed by atoms with Crippen molar-refractivity contribution in [2.45, 2.75) is 32.5 Å². The normalized spacial score (nSPS) is 13.8. The Bertz CT molecular complexity index is 504.